The first-order chi connectivity index (χ1) is 14.8. The van der Waals surface area contributed by atoms with Crippen molar-refractivity contribution in [2.24, 2.45) is 0 Å². The summed E-state index contributed by atoms with van der Waals surface area (Å²) in [5, 5.41) is 12.4. The number of ether oxygens (including phenoxy) is 1. The van der Waals surface area contributed by atoms with E-state index in [1.165, 1.54) is 12.3 Å². The van der Waals surface area contributed by atoms with Gasteiger partial charge in [-0.15, -0.1) is 0 Å². The van der Waals surface area contributed by atoms with Crippen molar-refractivity contribution < 1.29 is 19.4 Å². The van der Waals surface area contributed by atoms with Gasteiger partial charge in [-0.3, -0.25) is 9.59 Å². The Morgan fingerprint density at radius 2 is 1.59 bits per heavy atom. The van der Waals surface area contributed by atoms with Crippen LogP contribution < -0.4 is 15.5 Å². The maximum atomic E-state index is 13.1. The van der Waals surface area contributed by atoms with Gasteiger partial charge in [0.05, 0.1) is 0 Å². The van der Waals surface area contributed by atoms with Gasteiger partial charge in [-0.05, 0) is 34.6 Å². The summed E-state index contributed by atoms with van der Waals surface area (Å²) in [5.41, 5.74) is 1.32. The molecule has 3 aromatic rings. The quantitative estimate of drug-likeness (QED) is 0.375. The second-order valence-corrected chi connectivity index (χ2v) is 9.79. The summed E-state index contributed by atoms with van der Waals surface area (Å²) in [6, 6.07) is 10.3. The third-order valence-electron chi connectivity index (χ3n) is 5.21. The van der Waals surface area contributed by atoms with E-state index in [0.29, 0.717) is 22.2 Å². The number of nitrogens with one attached hydrogen (secondary N) is 2. The highest BCUT2D eigenvalue weighted by Gasteiger charge is 2.28. The first-order valence-electron chi connectivity index (χ1n) is 10.3. The number of carbonyl (C=O) groups excluding carboxylic acids is 1. The number of aromatic nitrogens is 1. The predicted molar refractivity (Wildman–Crippen MR) is 125 cm³/mol. The van der Waals surface area contributed by atoms with Crippen molar-refractivity contribution >= 4 is 28.7 Å². The van der Waals surface area contributed by atoms with Gasteiger partial charge in [0.15, 0.2) is 0 Å². The molecule has 1 heterocycles. The number of hydrogen-bond donors (Lipinski definition) is 3. The summed E-state index contributed by atoms with van der Waals surface area (Å²) >= 11 is 0. The van der Waals surface area contributed by atoms with E-state index < -0.39 is 17.5 Å². The zero-order chi connectivity index (χ0) is 23.8. The van der Waals surface area contributed by atoms with Crippen LogP contribution in [0.15, 0.2) is 47.4 Å². The molecule has 3 rings (SSSR count). The molecule has 0 unspecified atom stereocenters. The molecule has 3 N–H and O–H groups in total. The number of H-pyrrole nitrogens is 1. The van der Waals surface area contributed by atoms with Gasteiger partial charge in [0, 0.05) is 34.4 Å². The standard InChI is InChI=1S/C25H28N2O5/c1-24(2,3)16-11-17(25(4,5)6)20(32-23(30)31)12-19(16)27-22(29)15-13-26-18-10-8-7-9-14(18)21(15)28/h7-13H,1-6H3,(H,26,28)(H,27,29)(H,30,31). The Hall–Kier alpha value is -3.61. The second kappa shape index (κ2) is 8.15. The van der Waals surface area contributed by atoms with Crippen molar-refractivity contribution in [3.05, 3.63) is 69.5 Å². The molecule has 0 saturated carbocycles. The number of carbonyl (C=O) groups is 2. The zero-order valence-electron chi connectivity index (χ0n) is 19.1. The molecule has 1 aromatic heterocycles. The van der Waals surface area contributed by atoms with Gasteiger partial charge in [0.25, 0.3) is 5.91 Å². The molecule has 0 fully saturated rings. The van der Waals surface area contributed by atoms with E-state index in [1.807, 2.05) is 47.6 Å². The first kappa shape index (κ1) is 23.1. The van der Waals surface area contributed by atoms with Gasteiger partial charge in [0.1, 0.15) is 11.3 Å². The molecular formula is C25H28N2O5. The van der Waals surface area contributed by atoms with Gasteiger partial charge in [-0.25, -0.2) is 4.79 Å². The number of rotatable bonds is 3. The molecule has 32 heavy (non-hydrogen) atoms. The topological polar surface area (TPSA) is 108 Å². The first-order valence-corrected chi connectivity index (χ1v) is 10.3. The Balaban J connectivity index is 2.14. The van der Waals surface area contributed by atoms with Crippen molar-refractivity contribution in [1.82, 2.24) is 4.98 Å². The van der Waals surface area contributed by atoms with Crippen LogP contribution in [0.25, 0.3) is 10.9 Å². The van der Waals surface area contributed by atoms with Gasteiger partial charge in [0.2, 0.25) is 5.43 Å². The van der Waals surface area contributed by atoms with Gasteiger partial charge < -0.3 is 20.1 Å². The normalized spacial score (nSPS) is 11.9. The average Bonchev–Trinajstić information content (AvgIpc) is 2.66. The van der Waals surface area contributed by atoms with Crippen LogP contribution in [0.5, 0.6) is 5.75 Å². The van der Waals surface area contributed by atoms with Crippen molar-refractivity contribution in [3.8, 4) is 5.75 Å². The second-order valence-electron chi connectivity index (χ2n) is 9.79. The molecule has 0 aliphatic carbocycles. The maximum absolute atomic E-state index is 13.1. The number of para-hydroxylation sites is 1. The third kappa shape index (κ3) is 4.66. The molecule has 7 heteroatoms. The number of aromatic amines is 1. The molecule has 0 aliphatic heterocycles. The summed E-state index contributed by atoms with van der Waals surface area (Å²) in [7, 11) is 0. The molecule has 1 amide bonds. The Morgan fingerprint density at radius 1 is 0.969 bits per heavy atom. The number of pyridine rings is 1. The number of hydrogen-bond acceptors (Lipinski definition) is 4. The minimum absolute atomic E-state index is 0.0378. The molecule has 7 nitrogen and oxygen atoms in total. The lowest BCUT2D eigenvalue weighted by Crippen LogP contribution is -2.25. The zero-order valence-corrected chi connectivity index (χ0v) is 19.1. The predicted octanol–water partition coefficient (Wildman–Crippen LogP) is 5.43. The molecule has 0 radical (unpaired) electrons. The number of anilines is 1. The van der Waals surface area contributed by atoms with E-state index in [9.17, 15) is 19.5 Å². The van der Waals surface area contributed by atoms with E-state index in [-0.39, 0.29) is 22.2 Å². The molecule has 0 aliphatic rings. The highest BCUT2D eigenvalue weighted by molar-refractivity contribution is 6.06. The molecule has 0 bridgehead atoms. The van der Waals surface area contributed by atoms with Crippen LogP contribution in [-0.2, 0) is 10.8 Å². The largest absolute Gasteiger partial charge is 0.511 e. The molecule has 2 aromatic carbocycles. The number of benzene rings is 2. The highest BCUT2D eigenvalue weighted by atomic mass is 16.7. The molecule has 0 spiro atoms. The van der Waals surface area contributed by atoms with E-state index in [1.54, 1.807) is 24.3 Å². The Labute approximate surface area is 186 Å². The maximum Gasteiger partial charge on any atom is 0.511 e. The van der Waals surface area contributed by atoms with E-state index in [0.717, 1.165) is 5.56 Å². The molecule has 0 saturated heterocycles. The summed E-state index contributed by atoms with van der Waals surface area (Å²) in [6.45, 7) is 11.8. The smallest absolute Gasteiger partial charge is 0.449 e. The van der Waals surface area contributed by atoms with Crippen LogP contribution in [0.2, 0.25) is 0 Å². The van der Waals surface area contributed by atoms with Crippen molar-refractivity contribution in [1.29, 1.82) is 0 Å². The lowest BCUT2D eigenvalue weighted by atomic mass is 9.79. The van der Waals surface area contributed by atoms with Crippen LogP contribution in [0.4, 0.5) is 10.5 Å². The van der Waals surface area contributed by atoms with Crippen LogP contribution in [0.1, 0.15) is 63.0 Å². The Kier molecular flexibility index (Phi) is 5.87. The third-order valence-corrected chi connectivity index (χ3v) is 5.21. The van der Waals surface area contributed by atoms with Gasteiger partial charge in [-0.2, -0.15) is 0 Å². The SMILES string of the molecule is CC(C)(C)c1cc(C(C)(C)C)c(OC(=O)O)cc1NC(=O)c1c[nH]c2ccccc2c1=O. The highest BCUT2D eigenvalue weighted by Crippen LogP contribution is 2.40. The minimum atomic E-state index is -1.44. The Bertz CT molecular complexity index is 1260. The molecular weight excluding hydrogens is 408 g/mol. The minimum Gasteiger partial charge on any atom is -0.449 e. The summed E-state index contributed by atoms with van der Waals surface area (Å²) in [6.07, 6.45) is -0.0585. The van der Waals surface area contributed by atoms with Crippen LogP contribution >= 0.6 is 0 Å². The summed E-state index contributed by atoms with van der Waals surface area (Å²) < 4.78 is 5.05. The van der Waals surface area contributed by atoms with Crippen LogP contribution in [-0.4, -0.2) is 22.2 Å². The fourth-order valence-electron chi connectivity index (χ4n) is 3.59. The van der Waals surface area contributed by atoms with Gasteiger partial charge in [-0.1, -0.05) is 53.7 Å². The van der Waals surface area contributed by atoms with Gasteiger partial charge >= 0.3 is 6.16 Å². The van der Waals surface area contributed by atoms with E-state index >= 15 is 0 Å². The van der Waals surface area contributed by atoms with Crippen molar-refractivity contribution in [2.75, 3.05) is 5.32 Å². The van der Waals surface area contributed by atoms with Crippen molar-refractivity contribution in [2.45, 2.75) is 52.4 Å². The lowest BCUT2D eigenvalue weighted by molar-refractivity contribution is 0.102. The summed E-state index contributed by atoms with van der Waals surface area (Å²) in [5.74, 6) is -0.451. The molecule has 0 atom stereocenters. The average molecular weight is 437 g/mol. The summed E-state index contributed by atoms with van der Waals surface area (Å²) in [4.78, 5) is 40.2. The monoisotopic (exact) mass is 436 g/mol. The number of fused-ring (bicyclic) bond motifs is 1. The molecule has 168 valence electrons. The van der Waals surface area contributed by atoms with E-state index in [2.05, 4.69) is 10.3 Å². The fourth-order valence-corrected chi connectivity index (χ4v) is 3.59. The van der Waals surface area contributed by atoms with Crippen LogP contribution in [0, 0.1) is 0 Å². The van der Waals surface area contributed by atoms with Crippen molar-refractivity contribution in [3.63, 3.8) is 0 Å². The van der Waals surface area contributed by atoms with E-state index in [4.69, 9.17) is 4.74 Å². The lowest BCUT2D eigenvalue weighted by Gasteiger charge is -2.29. The number of amides is 1. The fraction of sp³-hybridized carbons (Fsp3) is 0.320. The number of carboxylic acid groups (broad SMARTS) is 1. The van der Waals surface area contributed by atoms with Crippen LogP contribution in [0.3, 0.4) is 0 Å². The Morgan fingerprint density at radius 3 is 2.19 bits per heavy atom.